The van der Waals surface area contributed by atoms with Gasteiger partial charge in [0.2, 0.25) is 0 Å². The average molecular weight is 284 g/mol. The van der Waals surface area contributed by atoms with Gasteiger partial charge in [0, 0.05) is 46.4 Å². The average Bonchev–Trinajstić information content (AvgIpc) is 2.89. The minimum Gasteiger partial charge on any atom is -0.365 e. The van der Waals surface area contributed by atoms with E-state index in [0.717, 1.165) is 41.8 Å². The number of pyridine rings is 1. The van der Waals surface area contributed by atoms with Gasteiger partial charge >= 0.3 is 0 Å². The normalized spacial score (nSPS) is 19.1. The van der Waals surface area contributed by atoms with Crippen LogP contribution in [0.2, 0.25) is 0 Å². The van der Waals surface area contributed by atoms with Gasteiger partial charge in [0.05, 0.1) is 11.9 Å². The molecule has 2 aliphatic heterocycles. The molecule has 0 aliphatic carbocycles. The lowest BCUT2D eigenvalue weighted by Crippen LogP contribution is -2.32. The van der Waals surface area contributed by atoms with Crippen LogP contribution in [0.5, 0.6) is 0 Å². The molecule has 0 radical (unpaired) electrons. The molecule has 0 amide bonds. The van der Waals surface area contributed by atoms with E-state index >= 15 is 0 Å². The van der Waals surface area contributed by atoms with Gasteiger partial charge in [0.15, 0.2) is 11.6 Å². The van der Waals surface area contributed by atoms with Crippen LogP contribution in [0, 0.1) is 0 Å². The molecule has 110 valence electrons. The second-order valence-electron chi connectivity index (χ2n) is 5.80. The number of anilines is 3. The van der Waals surface area contributed by atoms with E-state index in [1.807, 2.05) is 37.3 Å². The van der Waals surface area contributed by atoms with Crippen LogP contribution in [0.3, 0.4) is 0 Å². The SMILES string of the molecule is CN(C)c1cc(-c2ncc3c(n2)NC2CCN3C2)ccn1.[HH]. The van der Waals surface area contributed by atoms with Crippen molar-refractivity contribution in [2.75, 3.05) is 42.3 Å². The van der Waals surface area contributed by atoms with Crippen molar-refractivity contribution in [1.82, 2.24) is 15.0 Å². The fraction of sp³-hybridized carbons (Fsp3) is 0.400. The summed E-state index contributed by atoms with van der Waals surface area (Å²) in [5.41, 5.74) is 2.11. The van der Waals surface area contributed by atoms with Gasteiger partial charge in [0.1, 0.15) is 5.82 Å². The zero-order valence-corrected chi connectivity index (χ0v) is 12.2. The largest absolute Gasteiger partial charge is 0.365 e. The first-order valence-electron chi connectivity index (χ1n) is 7.23. The quantitative estimate of drug-likeness (QED) is 0.908. The van der Waals surface area contributed by atoms with Crippen molar-refractivity contribution in [2.45, 2.75) is 12.5 Å². The highest BCUT2D eigenvalue weighted by atomic mass is 15.3. The van der Waals surface area contributed by atoms with Crippen molar-refractivity contribution in [2.24, 2.45) is 0 Å². The highest BCUT2D eigenvalue weighted by Crippen LogP contribution is 2.34. The molecule has 2 aliphatic rings. The van der Waals surface area contributed by atoms with E-state index in [1.165, 1.54) is 6.42 Å². The maximum Gasteiger partial charge on any atom is 0.161 e. The summed E-state index contributed by atoms with van der Waals surface area (Å²) < 4.78 is 0. The van der Waals surface area contributed by atoms with Crippen LogP contribution in [0.25, 0.3) is 11.4 Å². The lowest BCUT2D eigenvalue weighted by molar-refractivity contribution is 0.786. The smallest absolute Gasteiger partial charge is 0.161 e. The lowest BCUT2D eigenvalue weighted by Gasteiger charge is -2.27. The van der Waals surface area contributed by atoms with E-state index in [0.29, 0.717) is 6.04 Å². The Balaban J connectivity index is 0.00000144. The first-order chi connectivity index (χ1) is 10.2. The number of hydrogen-bond acceptors (Lipinski definition) is 6. The summed E-state index contributed by atoms with van der Waals surface area (Å²) in [4.78, 5) is 17.9. The minimum atomic E-state index is 0. The number of hydrogen-bond donors (Lipinski definition) is 1. The van der Waals surface area contributed by atoms with Crippen molar-refractivity contribution >= 4 is 17.3 Å². The summed E-state index contributed by atoms with van der Waals surface area (Å²) in [5, 5.41) is 3.52. The van der Waals surface area contributed by atoms with Crippen LogP contribution in [-0.2, 0) is 0 Å². The van der Waals surface area contributed by atoms with Crippen molar-refractivity contribution in [3.05, 3.63) is 24.5 Å². The van der Waals surface area contributed by atoms with E-state index in [2.05, 4.69) is 20.2 Å². The predicted molar refractivity (Wildman–Crippen MR) is 85.9 cm³/mol. The molecule has 2 aromatic heterocycles. The molecule has 21 heavy (non-hydrogen) atoms. The van der Waals surface area contributed by atoms with E-state index in [-0.39, 0.29) is 1.43 Å². The molecule has 0 spiro atoms. The van der Waals surface area contributed by atoms with Gasteiger partial charge in [-0.1, -0.05) is 0 Å². The fourth-order valence-electron chi connectivity index (χ4n) is 2.94. The molecule has 2 aromatic rings. The number of fused-ring (bicyclic) bond motifs is 4. The first-order valence-corrected chi connectivity index (χ1v) is 7.23. The lowest BCUT2D eigenvalue weighted by atomic mass is 10.2. The molecular formula is C15H20N6. The zero-order chi connectivity index (χ0) is 14.4. The first kappa shape index (κ1) is 12.4. The Bertz CT molecular complexity index is 689. The van der Waals surface area contributed by atoms with Gasteiger partial charge in [-0.3, -0.25) is 0 Å². The van der Waals surface area contributed by atoms with Crippen LogP contribution in [0.1, 0.15) is 7.85 Å². The molecule has 2 bridgehead atoms. The molecule has 1 N–H and O–H groups in total. The molecule has 1 unspecified atom stereocenters. The molecule has 0 aromatic carbocycles. The number of nitrogens with one attached hydrogen (secondary N) is 1. The highest BCUT2D eigenvalue weighted by molar-refractivity contribution is 5.72. The Hall–Kier alpha value is -2.37. The predicted octanol–water partition coefficient (Wildman–Crippen LogP) is 1.85. The molecule has 1 saturated heterocycles. The maximum atomic E-state index is 4.71. The monoisotopic (exact) mass is 284 g/mol. The second kappa shape index (κ2) is 4.58. The van der Waals surface area contributed by atoms with E-state index in [4.69, 9.17) is 4.98 Å². The molecule has 4 heterocycles. The van der Waals surface area contributed by atoms with Crippen molar-refractivity contribution in [3.8, 4) is 11.4 Å². The van der Waals surface area contributed by atoms with Gasteiger partial charge in [-0.15, -0.1) is 0 Å². The summed E-state index contributed by atoms with van der Waals surface area (Å²) in [6.45, 7) is 2.16. The Labute approximate surface area is 125 Å². The van der Waals surface area contributed by atoms with Gasteiger partial charge in [-0.25, -0.2) is 15.0 Å². The van der Waals surface area contributed by atoms with E-state index < -0.39 is 0 Å². The standard InChI is InChI=1S/C15H18N6.H2/c1-20(2)13-7-10(3-5-16-13)14-17-8-12-15(19-14)18-11-4-6-21(12)9-11;/h3,5,7-8,11H,4,6,9H2,1-2H3,(H,17,18,19);1H. The van der Waals surface area contributed by atoms with Gasteiger partial charge in [0.25, 0.3) is 0 Å². The number of nitrogens with zero attached hydrogens (tertiary/aromatic N) is 5. The summed E-state index contributed by atoms with van der Waals surface area (Å²) in [6.07, 6.45) is 4.90. The third-order valence-corrected chi connectivity index (χ3v) is 4.10. The van der Waals surface area contributed by atoms with Gasteiger partial charge in [-0.2, -0.15) is 0 Å². The third-order valence-electron chi connectivity index (χ3n) is 4.10. The van der Waals surface area contributed by atoms with Crippen molar-refractivity contribution in [1.29, 1.82) is 0 Å². The molecular weight excluding hydrogens is 264 g/mol. The van der Waals surface area contributed by atoms with Crippen LogP contribution in [-0.4, -0.2) is 48.2 Å². The van der Waals surface area contributed by atoms with Gasteiger partial charge < -0.3 is 15.1 Å². The number of rotatable bonds is 2. The van der Waals surface area contributed by atoms with Crippen LogP contribution in [0.15, 0.2) is 24.5 Å². The Morgan fingerprint density at radius 1 is 1.38 bits per heavy atom. The highest BCUT2D eigenvalue weighted by Gasteiger charge is 2.31. The third kappa shape index (κ3) is 2.07. The van der Waals surface area contributed by atoms with Crippen LogP contribution >= 0.6 is 0 Å². The van der Waals surface area contributed by atoms with Crippen molar-refractivity contribution in [3.63, 3.8) is 0 Å². The second-order valence-corrected chi connectivity index (χ2v) is 5.80. The summed E-state index contributed by atoms with van der Waals surface area (Å²) in [7, 11) is 3.96. The summed E-state index contributed by atoms with van der Waals surface area (Å²) >= 11 is 0. The van der Waals surface area contributed by atoms with Gasteiger partial charge in [-0.05, 0) is 18.6 Å². The molecule has 6 heteroatoms. The minimum absolute atomic E-state index is 0. The van der Waals surface area contributed by atoms with Crippen LogP contribution < -0.4 is 15.1 Å². The number of aromatic nitrogens is 3. The molecule has 6 nitrogen and oxygen atoms in total. The van der Waals surface area contributed by atoms with Crippen LogP contribution in [0.4, 0.5) is 17.3 Å². The van der Waals surface area contributed by atoms with E-state index in [1.54, 1.807) is 6.20 Å². The molecule has 0 saturated carbocycles. The summed E-state index contributed by atoms with van der Waals surface area (Å²) in [6, 6.07) is 4.49. The fourth-order valence-corrected chi connectivity index (χ4v) is 2.94. The zero-order valence-electron chi connectivity index (χ0n) is 12.2. The Kier molecular flexibility index (Phi) is 2.70. The summed E-state index contributed by atoms with van der Waals surface area (Å²) in [5.74, 6) is 2.61. The Morgan fingerprint density at radius 3 is 3.14 bits per heavy atom. The molecule has 4 rings (SSSR count). The Morgan fingerprint density at radius 2 is 2.29 bits per heavy atom. The topological polar surface area (TPSA) is 57.2 Å². The van der Waals surface area contributed by atoms with E-state index in [9.17, 15) is 0 Å². The molecule has 1 fully saturated rings. The maximum absolute atomic E-state index is 4.71. The van der Waals surface area contributed by atoms with Crippen molar-refractivity contribution < 1.29 is 1.43 Å². The molecule has 1 atom stereocenters.